The smallest absolute Gasteiger partial charge is 0.0870 e. The number of aliphatic hydroxyl groups excluding tert-OH is 1. The van der Waals surface area contributed by atoms with Gasteiger partial charge in [0, 0.05) is 10.6 Å². The number of aliphatic hydroxyl groups is 1. The summed E-state index contributed by atoms with van der Waals surface area (Å²) in [5, 5.41) is 10.1. The molecule has 0 saturated carbocycles. The van der Waals surface area contributed by atoms with Crippen LogP contribution < -0.4 is 0 Å². The number of rotatable bonds is 2. The van der Waals surface area contributed by atoms with Crippen molar-refractivity contribution < 1.29 is 5.11 Å². The summed E-state index contributed by atoms with van der Waals surface area (Å²) in [6.07, 6.45) is -0.455. The largest absolute Gasteiger partial charge is 0.388 e. The van der Waals surface area contributed by atoms with Crippen molar-refractivity contribution in [2.45, 2.75) is 13.0 Å². The third-order valence-corrected chi connectivity index (χ3v) is 3.29. The molecule has 0 radical (unpaired) electrons. The van der Waals surface area contributed by atoms with Crippen LogP contribution in [0.25, 0.3) is 11.3 Å². The van der Waals surface area contributed by atoms with Crippen LogP contribution in [-0.2, 0) is 0 Å². The van der Waals surface area contributed by atoms with E-state index >= 15 is 0 Å². The third kappa shape index (κ3) is 2.37. The number of hydrogen-bond acceptors (Lipinski definition) is 3. The quantitative estimate of drug-likeness (QED) is 0.870. The molecule has 4 heteroatoms. The maximum absolute atomic E-state index is 9.38. The zero-order chi connectivity index (χ0) is 10.8. The van der Waals surface area contributed by atoms with Gasteiger partial charge in [-0.1, -0.05) is 23.7 Å². The van der Waals surface area contributed by atoms with Crippen molar-refractivity contribution in [3.8, 4) is 11.3 Å². The molecule has 15 heavy (non-hydrogen) atoms. The van der Waals surface area contributed by atoms with Gasteiger partial charge in [0.25, 0.3) is 0 Å². The van der Waals surface area contributed by atoms with Crippen LogP contribution in [-0.4, -0.2) is 9.48 Å². The Balaban J connectivity index is 2.33. The Kier molecular flexibility index (Phi) is 3.05. The highest BCUT2D eigenvalue weighted by molar-refractivity contribution is 7.06. The highest BCUT2D eigenvalue weighted by Gasteiger charge is 2.07. The number of benzene rings is 1. The first-order chi connectivity index (χ1) is 7.16. The number of nitrogens with zero attached hydrogens (tertiary/aromatic N) is 1. The molecule has 0 amide bonds. The zero-order valence-electron chi connectivity index (χ0n) is 8.14. The summed E-state index contributed by atoms with van der Waals surface area (Å²) in [5.41, 5.74) is 1.90. The second-order valence-electron chi connectivity index (χ2n) is 3.30. The molecule has 0 bridgehead atoms. The van der Waals surface area contributed by atoms with Crippen molar-refractivity contribution >= 4 is 23.1 Å². The van der Waals surface area contributed by atoms with Crippen molar-refractivity contribution in [2.24, 2.45) is 0 Å². The van der Waals surface area contributed by atoms with Gasteiger partial charge < -0.3 is 5.11 Å². The van der Waals surface area contributed by atoms with Crippen molar-refractivity contribution in [3.63, 3.8) is 0 Å². The van der Waals surface area contributed by atoms with Gasteiger partial charge in [-0.25, -0.2) is 0 Å². The summed E-state index contributed by atoms with van der Waals surface area (Å²) in [6, 6.07) is 9.40. The first-order valence-corrected chi connectivity index (χ1v) is 5.72. The Morgan fingerprint density at radius 2 is 2.00 bits per heavy atom. The molecule has 0 aliphatic carbocycles. The summed E-state index contributed by atoms with van der Waals surface area (Å²) in [4.78, 5) is 0.875. The molecule has 2 aromatic rings. The topological polar surface area (TPSA) is 33.1 Å². The molecule has 2 nitrogen and oxygen atoms in total. The Morgan fingerprint density at radius 3 is 2.53 bits per heavy atom. The second-order valence-corrected chi connectivity index (χ2v) is 4.57. The molecule has 1 aromatic heterocycles. The third-order valence-electron chi connectivity index (χ3n) is 2.08. The standard InChI is InChI=1S/C11H10ClNOS/c1-7(14)11-6-10(13-15-11)8-2-4-9(12)5-3-8/h2-7,14H,1H3. The molecule has 0 aliphatic heterocycles. The van der Waals surface area contributed by atoms with Crippen LogP contribution in [0, 0.1) is 0 Å². The van der Waals surface area contributed by atoms with Crippen molar-refractivity contribution in [3.05, 3.63) is 40.2 Å². The van der Waals surface area contributed by atoms with Crippen LogP contribution >= 0.6 is 23.1 Å². The molecule has 1 N–H and O–H groups in total. The second kappa shape index (κ2) is 4.31. The fourth-order valence-electron chi connectivity index (χ4n) is 1.24. The maximum atomic E-state index is 9.38. The molecular formula is C11H10ClNOS. The fraction of sp³-hybridized carbons (Fsp3) is 0.182. The van der Waals surface area contributed by atoms with E-state index < -0.39 is 6.10 Å². The summed E-state index contributed by atoms with van der Waals surface area (Å²) < 4.78 is 4.28. The lowest BCUT2D eigenvalue weighted by Crippen LogP contribution is -1.83. The minimum Gasteiger partial charge on any atom is -0.388 e. The van der Waals surface area contributed by atoms with E-state index in [9.17, 15) is 5.11 Å². The van der Waals surface area contributed by atoms with Gasteiger partial charge in [0.05, 0.1) is 16.7 Å². The van der Waals surface area contributed by atoms with E-state index in [1.165, 1.54) is 11.5 Å². The maximum Gasteiger partial charge on any atom is 0.0870 e. The summed E-state index contributed by atoms with van der Waals surface area (Å²) >= 11 is 7.12. The summed E-state index contributed by atoms with van der Waals surface area (Å²) in [6.45, 7) is 1.74. The van der Waals surface area contributed by atoms with Gasteiger partial charge in [-0.3, -0.25) is 0 Å². The van der Waals surface area contributed by atoms with Gasteiger partial charge in [-0.2, -0.15) is 4.37 Å². The van der Waals surface area contributed by atoms with Crippen LogP contribution in [0.5, 0.6) is 0 Å². The minimum atomic E-state index is -0.455. The minimum absolute atomic E-state index is 0.455. The highest BCUT2D eigenvalue weighted by atomic mass is 35.5. The summed E-state index contributed by atoms with van der Waals surface area (Å²) in [5.74, 6) is 0. The van der Waals surface area contributed by atoms with Crippen LogP contribution in [0.2, 0.25) is 5.02 Å². The number of aromatic nitrogens is 1. The predicted octanol–water partition coefficient (Wildman–Crippen LogP) is 3.52. The van der Waals surface area contributed by atoms with Crippen LogP contribution in [0.15, 0.2) is 30.3 Å². The van der Waals surface area contributed by atoms with E-state index in [4.69, 9.17) is 11.6 Å². The van der Waals surface area contributed by atoms with Crippen LogP contribution in [0.3, 0.4) is 0 Å². The first-order valence-electron chi connectivity index (χ1n) is 4.57. The van der Waals surface area contributed by atoms with E-state index in [2.05, 4.69) is 4.37 Å². The number of halogens is 1. The Hall–Kier alpha value is -0.900. The molecule has 0 spiro atoms. The molecular weight excluding hydrogens is 230 g/mol. The molecule has 78 valence electrons. The van der Waals surface area contributed by atoms with E-state index in [1.54, 1.807) is 6.92 Å². The molecule has 1 unspecified atom stereocenters. The van der Waals surface area contributed by atoms with E-state index in [-0.39, 0.29) is 0 Å². The van der Waals surface area contributed by atoms with E-state index in [1.807, 2.05) is 30.3 Å². The van der Waals surface area contributed by atoms with Crippen molar-refractivity contribution in [1.82, 2.24) is 4.37 Å². The monoisotopic (exact) mass is 239 g/mol. The predicted molar refractivity (Wildman–Crippen MR) is 63.2 cm³/mol. The molecule has 1 heterocycles. The number of hydrogen-bond donors (Lipinski definition) is 1. The Bertz CT molecular complexity index is 450. The lowest BCUT2D eigenvalue weighted by molar-refractivity contribution is 0.203. The molecule has 0 saturated heterocycles. The molecule has 1 aromatic carbocycles. The molecule has 1 atom stereocenters. The van der Waals surface area contributed by atoms with Gasteiger partial charge in [0.1, 0.15) is 0 Å². The molecule has 0 aliphatic rings. The van der Waals surface area contributed by atoms with Crippen molar-refractivity contribution in [2.75, 3.05) is 0 Å². The lowest BCUT2D eigenvalue weighted by Gasteiger charge is -1.97. The normalized spacial score (nSPS) is 12.7. The van der Waals surface area contributed by atoms with Crippen LogP contribution in [0.1, 0.15) is 17.9 Å². The fourth-order valence-corrected chi connectivity index (χ4v) is 2.05. The van der Waals surface area contributed by atoms with Gasteiger partial charge in [0.2, 0.25) is 0 Å². The van der Waals surface area contributed by atoms with Crippen LogP contribution in [0.4, 0.5) is 0 Å². The van der Waals surface area contributed by atoms with Gasteiger partial charge in [-0.05, 0) is 36.7 Å². The van der Waals surface area contributed by atoms with E-state index in [0.717, 1.165) is 16.1 Å². The van der Waals surface area contributed by atoms with Gasteiger partial charge in [-0.15, -0.1) is 0 Å². The average molecular weight is 240 g/mol. The first kappa shape index (κ1) is 10.6. The van der Waals surface area contributed by atoms with Crippen molar-refractivity contribution in [1.29, 1.82) is 0 Å². The molecule has 2 rings (SSSR count). The molecule has 0 fully saturated rings. The summed E-state index contributed by atoms with van der Waals surface area (Å²) in [7, 11) is 0. The lowest BCUT2D eigenvalue weighted by atomic mass is 10.1. The van der Waals surface area contributed by atoms with Gasteiger partial charge in [0.15, 0.2) is 0 Å². The SMILES string of the molecule is CC(O)c1cc(-c2ccc(Cl)cc2)ns1. The Morgan fingerprint density at radius 1 is 1.33 bits per heavy atom. The zero-order valence-corrected chi connectivity index (χ0v) is 9.72. The highest BCUT2D eigenvalue weighted by Crippen LogP contribution is 2.26. The Labute approximate surface area is 97.3 Å². The average Bonchev–Trinajstić information content (AvgIpc) is 2.68. The van der Waals surface area contributed by atoms with E-state index in [0.29, 0.717) is 5.02 Å². The van der Waals surface area contributed by atoms with Gasteiger partial charge >= 0.3 is 0 Å².